The smallest absolute Gasteiger partial charge is 0.338 e. The van der Waals surface area contributed by atoms with Gasteiger partial charge in [0.15, 0.2) is 0 Å². The minimum absolute atomic E-state index is 0.0683. The molecule has 0 bridgehead atoms. The summed E-state index contributed by atoms with van der Waals surface area (Å²) >= 11 is 5.88. The van der Waals surface area contributed by atoms with Crippen LogP contribution in [-0.2, 0) is 16.1 Å². The molecule has 0 unspecified atom stereocenters. The SMILES string of the molecule is CC(C)C(=O)Nc1ccc(C(=O)OCc2cccc(Cl)c2)cc1. The van der Waals surface area contributed by atoms with Crippen molar-refractivity contribution in [1.29, 1.82) is 0 Å². The van der Waals surface area contributed by atoms with Gasteiger partial charge in [-0.2, -0.15) is 0 Å². The minimum atomic E-state index is -0.424. The van der Waals surface area contributed by atoms with Crippen LogP contribution in [0.2, 0.25) is 5.02 Å². The van der Waals surface area contributed by atoms with E-state index < -0.39 is 5.97 Å². The predicted molar refractivity (Wildman–Crippen MR) is 90.5 cm³/mol. The van der Waals surface area contributed by atoms with Gasteiger partial charge in [0.1, 0.15) is 6.61 Å². The monoisotopic (exact) mass is 331 g/mol. The van der Waals surface area contributed by atoms with Crippen molar-refractivity contribution >= 4 is 29.2 Å². The van der Waals surface area contributed by atoms with Gasteiger partial charge in [0.2, 0.25) is 5.91 Å². The molecule has 2 aromatic rings. The van der Waals surface area contributed by atoms with E-state index >= 15 is 0 Å². The van der Waals surface area contributed by atoms with E-state index in [0.29, 0.717) is 16.3 Å². The van der Waals surface area contributed by atoms with E-state index in [1.165, 1.54) is 0 Å². The molecule has 2 rings (SSSR count). The van der Waals surface area contributed by atoms with E-state index in [9.17, 15) is 9.59 Å². The predicted octanol–water partition coefficient (Wildman–Crippen LogP) is 4.29. The largest absolute Gasteiger partial charge is 0.457 e. The standard InChI is InChI=1S/C18H18ClNO3/c1-12(2)17(21)20-16-8-6-14(7-9-16)18(22)23-11-13-4-3-5-15(19)10-13/h3-10,12H,11H2,1-2H3,(H,20,21). The van der Waals surface area contributed by atoms with E-state index in [4.69, 9.17) is 16.3 Å². The molecule has 23 heavy (non-hydrogen) atoms. The zero-order chi connectivity index (χ0) is 16.8. The highest BCUT2D eigenvalue weighted by Gasteiger charge is 2.10. The van der Waals surface area contributed by atoms with Crippen molar-refractivity contribution in [2.24, 2.45) is 5.92 Å². The van der Waals surface area contributed by atoms with Crippen LogP contribution in [0.15, 0.2) is 48.5 Å². The van der Waals surface area contributed by atoms with Gasteiger partial charge in [-0.3, -0.25) is 4.79 Å². The van der Waals surface area contributed by atoms with E-state index in [2.05, 4.69) is 5.32 Å². The molecule has 1 N–H and O–H groups in total. The maximum Gasteiger partial charge on any atom is 0.338 e. The van der Waals surface area contributed by atoms with Crippen LogP contribution in [-0.4, -0.2) is 11.9 Å². The molecule has 120 valence electrons. The maximum atomic E-state index is 12.0. The van der Waals surface area contributed by atoms with Gasteiger partial charge in [-0.25, -0.2) is 4.79 Å². The summed E-state index contributed by atoms with van der Waals surface area (Å²) in [6, 6.07) is 13.7. The lowest BCUT2D eigenvalue weighted by Gasteiger charge is -2.09. The molecule has 0 aliphatic carbocycles. The number of carbonyl (C=O) groups is 2. The van der Waals surface area contributed by atoms with Crippen molar-refractivity contribution in [3.63, 3.8) is 0 Å². The number of amides is 1. The lowest BCUT2D eigenvalue weighted by molar-refractivity contribution is -0.118. The number of ether oxygens (including phenoxy) is 1. The molecule has 0 radical (unpaired) electrons. The number of hydrogen-bond donors (Lipinski definition) is 1. The van der Waals surface area contributed by atoms with Crippen LogP contribution < -0.4 is 5.32 Å². The highest BCUT2D eigenvalue weighted by Crippen LogP contribution is 2.14. The van der Waals surface area contributed by atoms with Crippen LogP contribution in [0.5, 0.6) is 0 Å². The number of carbonyl (C=O) groups excluding carboxylic acids is 2. The van der Waals surface area contributed by atoms with Gasteiger partial charge in [0.05, 0.1) is 5.56 Å². The Morgan fingerprint density at radius 3 is 2.43 bits per heavy atom. The van der Waals surface area contributed by atoms with Crippen molar-refractivity contribution in [2.45, 2.75) is 20.5 Å². The van der Waals surface area contributed by atoms with E-state index in [1.54, 1.807) is 42.5 Å². The first-order valence-electron chi connectivity index (χ1n) is 7.28. The van der Waals surface area contributed by atoms with Gasteiger partial charge in [-0.15, -0.1) is 0 Å². The summed E-state index contributed by atoms with van der Waals surface area (Å²) < 4.78 is 5.24. The normalized spacial score (nSPS) is 10.4. The fourth-order valence-corrected chi connectivity index (χ4v) is 2.05. The van der Waals surface area contributed by atoms with Crippen LogP contribution in [0.1, 0.15) is 29.8 Å². The average Bonchev–Trinajstić information content (AvgIpc) is 2.53. The molecule has 0 heterocycles. The van der Waals surface area contributed by atoms with Crippen molar-refractivity contribution in [2.75, 3.05) is 5.32 Å². The average molecular weight is 332 g/mol. The van der Waals surface area contributed by atoms with Crippen molar-refractivity contribution in [3.8, 4) is 0 Å². The molecule has 0 fully saturated rings. The number of benzene rings is 2. The number of anilines is 1. The molecule has 5 heteroatoms. The zero-order valence-electron chi connectivity index (χ0n) is 13.0. The topological polar surface area (TPSA) is 55.4 Å². The molecular weight excluding hydrogens is 314 g/mol. The summed E-state index contributed by atoms with van der Waals surface area (Å²) in [6.07, 6.45) is 0. The Hall–Kier alpha value is -2.33. The first-order valence-corrected chi connectivity index (χ1v) is 7.66. The fraction of sp³-hybridized carbons (Fsp3) is 0.222. The first-order chi connectivity index (χ1) is 11.0. The Labute approximate surface area is 140 Å². The molecule has 1 amide bonds. The second-order valence-electron chi connectivity index (χ2n) is 5.43. The minimum Gasteiger partial charge on any atom is -0.457 e. The summed E-state index contributed by atoms with van der Waals surface area (Å²) in [5.74, 6) is -0.592. The molecule has 0 saturated carbocycles. The van der Waals surface area contributed by atoms with E-state index in [1.807, 2.05) is 19.9 Å². The number of hydrogen-bond acceptors (Lipinski definition) is 3. The lowest BCUT2D eigenvalue weighted by Crippen LogP contribution is -2.17. The third-order valence-electron chi connectivity index (χ3n) is 3.17. The van der Waals surface area contributed by atoms with Crippen molar-refractivity contribution < 1.29 is 14.3 Å². The Morgan fingerprint density at radius 2 is 1.83 bits per heavy atom. The van der Waals surface area contributed by atoms with E-state index in [0.717, 1.165) is 5.56 Å². The van der Waals surface area contributed by atoms with Crippen LogP contribution in [0.3, 0.4) is 0 Å². The number of halogens is 1. The van der Waals surface area contributed by atoms with E-state index in [-0.39, 0.29) is 18.4 Å². The molecule has 4 nitrogen and oxygen atoms in total. The Kier molecular flexibility index (Phi) is 5.77. The molecule has 0 atom stereocenters. The molecule has 0 aromatic heterocycles. The molecule has 0 aliphatic rings. The fourth-order valence-electron chi connectivity index (χ4n) is 1.84. The van der Waals surface area contributed by atoms with Crippen LogP contribution in [0.4, 0.5) is 5.69 Å². The Morgan fingerprint density at radius 1 is 1.13 bits per heavy atom. The summed E-state index contributed by atoms with van der Waals surface area (Å²) in [7, 11) is 0. The number of rotatable bonds is 5. The van der Waals surface area contributed by atoms with Gasteiger partial charge in [0.25, 0.3) is 0 Å². The third-order valence-corrected chi connectivity index (χ3v) is 3.41. The van der Waals surface area contributed by atoms with Crippen LogP contribution in [0.25, 0.3) is 0 Å². The van der Waals surface area contributed by atoms with Gasteiger partial charge in [-0.1, -0.05) is 37.6 Å². The van der Waals surface area contributed by atoms with Crippen LogP contribution >= 0.6 is 11.6 Å². The van der Waals surface area contributed by atoms with Gasteiger partial charge >= 0.3 is 5.97 Å². The number of nitrogens with one attached hydrogen (secondary N) is 1. The summed E-state index contributed by atoms with van der Waals surface area (Å²) in [4.78, 5) is 23.6. The quantitative estimate of drug-likeness (QED) is 0.831. The highest BCUT2D eigenvalue weighted by molar-refractivity contribution is 6.30. The summed E-state index contributed by atoms with van der Waals surface area (Å²) in [5.41, 5.74) is 1.90. The van der Waals surface area contributed by atoms with Crippen molar-refractivity contribution in [1.82, 2.24) is 0 Å². The van der Waals surface area contributed by atoms with Gasteiger partial charge in [-0.05, 0) is 42.0 Å². The first kappa shape index (κ1) is 17.0. The molecule has 2 aromatic carbocycles. The Bertz CT molecular complexity index is 696. The molecular formula is C18H18ClNO3. The number of esters is 1. The summed E-state index contributed by atoms with van der Waals surface area (Å²) in [6.45, 7) is 3.79. The lowest BCUT2D eigenvalue weighted by atomic mass is 10.1. The molecule has 0 saturated heterocycles. The summed E-state index contributed by atoms with van der Waals surface area (Å²) in [5, 5.41) is 3.37. The zero-order valence-corrected chi connectivity index (χ0v) is 13.8. The van der Waals surface area contributed by atoms with Crippen LogP contribution in [0, 0.1) is 5.92 Å². The van der Waals surface area contributed by atoms with Gasteiger partial charge < -0.3 is 10.1 Å². The molecule has 0 aliphatic heterocycles. The second kappa shape index (κ2) is 7.79. The van der Waals surface area contributed by atoms with Gasteiger partial charge in [0, 0.05) is 16.6 Å². The second-order valence-corrected chi connectivity index (χ2v) is 5.86. The highest BCUT2D eigenvalue weighted by atomic mass is 35.5. The van der Waals surface area contributed by atoms with Crippen molar-refractivity contribution in [3.05, 3.63) is 64.7 Å². The molecule has 0 spiro atoms. The Balaban J connectivity index is 1.93. The maximum absolute atomic E-state index is 12.0. The third kappa shape index (κ3) is 5.11.